The highest BCUT2D eigenvalue weighted by Crippen LogP contribution is 2.17. The highest BCUT2D eigenvalue weighted by atomic mass is 32.2. The Morgan fingerprint density at radius 3 is 2.73 bits per heavy atom. The first-order valence-electron chi connectivity index (χ1n) is 11.9. The molecule has 0 bridgehead atoms. The van der Waals surface area contributed by atoms with Gasteiger partial charge < -0.3 is 20.3 Å². The van der Waals surface area contributed by atoms with E-state index in [1.165, 1.54) is 17.8 Å². The number of carboxylic acids is 1. The van der Waals surface area contributed by atoms with E-state index < -0.39 is 11.9 Å². The van der Waals surface area contributed by atoms with Gasteiger partial charge in [-0.2, -0.15) is 17.0 Å². The number of nitrogens with zero attached hydrogens (tertiary/aromatic N) is 4. The third-order valence-corrected chi connectivity index (χ3v) is 6.22. The van der Waals surface area contributed by atoms with Crippen LogP contribution in [0, 0.1) is 11.3 Å². The van der Waals surface area contributed by atoms with Crippen molar-refractivity contribution in [2.45, 2.75) is 38.8 Å². The van der Waals surface area contributed by atoms with E-state index in [2.05, 4.69) is 28.3 Å². The molecule has 10 nitrogen and oxygen atoms in total. The van der Waals surface area contributed by atoms with Gasteiger partial charge in [-0.1, -0.05) is 18.2 Å². The average molecular weight is 527 g/mol. The molecule has 3 rings (SSSR count). The lowest BCUT2D eigenvalue weighted by atomic mass is 10.1. The number of hydrogen-bond donors (Lipinski definition) is 3. The van der Waals surface area contributed by atoms with Crippen LogP contribution in [-0.2, 0) is 27.3 Å². The molecule has 1 unspecified atom stereocenters. The summed E-state index contributed by atoms with van der Waals surface area (Å²) in [6.07, 6.45) is 9.34. The maximum Gasteiger partial charge on any atom is 0.352 e. The van der Waals surface area contributed by atoms with Crippen molar-refractivity contribution in [2.24, 2.45) is 0 Å². The number of nitrogens with one attached hydrogen (secondary N) is 2. The number of benzene rings is 1. The summed E-state index contributed by atoms with van der Waals surface area (Å²) >= 11 is 1.46. The molecule has 1 aromatic heterocycles. The molecule has 2 heterocycles. The summed E-state index contributed by atoms with van der Waals surface area (Å²) in [6, 6.07) is 9.68. The minimum atomic E-state index is -1.16. The summed E-state index contributed by atoms with van der Waals surface area (Å²) in [5.74, 6) is -0.853. The fraction of sp³-hybridized carbons (Fsp3) is 0.423. The van der Waals surface area contributed by atoms with E-state index in [4.69, 9.17) is 10.4 Å². The first kappa shape index (κ1) is 29.6. The van der Waals surface area contributed by atoms with Crippen LogP contribution < -0.4 is 5.32 Å². The summed E-state index contributed by atoms with van der Waals surface area (Å²) in [5.41, 5.74) is 2.16. The van der Waals surface area contributed by atoms with Crippen molar-refractivity contribution in [2.75, 3.05) is 32.1 Å². The van der Waals surface area contributed by atoms with Crippen LogP contribution in [-0.4, -0.2) is 80.8 Å². The number of carbonyl (C=O) groups excluding carboxylic acids is 2. The fourth-order valence-electron chi connectivity index (χ4n) is 3.86. The SMILES string of the molecule is CC1CCCN1C(=O)Cc1cnc[nH]1.CSC/C=C(/NC(=O)CN(C)Cc1ccccc1C#N)C(=O)O. The van der Waals surface area contributed by atoms with Crippen molar-refractivity contribution in [1.29, 1.82) is 5.26 Å². The van der Waals surface area contributed by atoms with Crippen molar-refractivity contribution in [1.82, 2.24) is 25.1 Å². The molecule has 37 heavy (non-hydrogen) atoms. The normalized spacial score (nSPS) is 15.1. The molecule has 1 atom stereocenters. The van der Waals surface area contributed by atoms with Gasteiger partial charge in [-0.25, -0.2) is 9.78 Å². The number of thioether (sulfide) groups is 1. The second-order valence-electron chi connectivity index (χ2n) is 8.70. The molecule has 1 aliphatic rings. The quantitative estimate of drug-likeness (QED) is 0.401. The molecule has 1 saturated heterocycles. The van der Waals surface area contributed by atoms with Gasteiger partial charge in [0.1, 0.15) is 5.70 Å². The Bertz CT molecular complexity index is 1110. The first-order chi connectivity index (χ1) is 17.7. The topological polar surface area (TPSA) is 142 Å². The van der Waals surface area contributed by atoms with Gasteiger partial charge in [0.2, 0.25) is 11.8 Å². The average Bonchev–Trinajstić information content (AvgIpc) is 3.53. The van der Waals surface area contributed by atoms with Gasteiger partial charge in [-0.05, 0) is 50.8 Å². The largest absolute Gasteiger partial charge is 0.477 e. The Balaban J connectivity index is 0.000000291. The zero-order valence-electron chi connectivity index (χ0n) is 21.4. The number of hydrogen-bond acceptors (Lipinski definition) is 7. The van der Waals surface area contributed by atoms with Crippen LogP contribution in [0.2, 0.25) is 0 Å². The van der Waals surface area contributed by atoms with Crippen molar-refractivity contribution in [3.8, 4) is 6.07 Å². The smallest absolute Gasteiger partial charge is 0.352 e. The van der Waals surface area contributed by atoms with Crippen LogP contribution in [0.25, 0.3) is 0 Å². The minimum Gasteiger partial charge on any atom is -0.477 e. The molecule has 2 amide bonds. The molecule has 1 aromatic carbocycles. The molecule has 198 valence electrons. The minimum absolute atomic E-state index is 0.0314. The van der Waals surface area contributed by atoms with Gasteiger partial charge in [-0.3, -0.25) is 14.5 Å². The molecule has 0 radical (unpaired) electrons. The van der Waals surface area contributed by atoms with Gasteiger partial charge in [0.05, 0.1) is 30.9 Å². The third kappa shape index (κ3) is 10.1. The van der Waals surface area contributed by atoms with Crippen LogP contribution in [0.3, 0.4) is 0 Å². The molecule has 1 fully saturated rings. The molecule has 2 aromatic rings. The number of amides is 2. The second-order valence-corrected chi connectivity index (χ2v) is 9.61. The standard InChI is InChI=1S/C16H19N3O3S.C10H15N3O/c1-19(10-13-6-4-3-5-12(13)9-17)11-15(20)18-14(16(21)22)7-8-23-2;1-8-3-2-4-13(8)10(14)5-9-6-11-7-12-9/h3-7H,8,10-11H2,1-2H3,(H,18,20)(H,21,22);6-8H,2-5H2,1H3,(H,11,12)/b14-7+;. The second kappa shape index (κ2) is 15.5. The zero-order valence-corrected chi connectivity index (χ0v) is 22.3. The number of likely N-dealkylation sites (tertiary alicyclic amines) is 1. The Kier molecular flexibility index (Phi) is 12.4. The molecule has 0 spiro atoms. The number of carboxylic acid groups (broad SMARTS) is 1. The van der Waals surface area contributed by atoms with E-state index in [0.717, 1.165) is 30.6 Å². The molecule has 11 heteroatoms. The summed E-state index contributed by atoms with van der Waals surface area (Å²) in [5, 5.41) is 20.5. The Hall–Kier alpha value is -3.62. The summed E-state index contributed by atoms with van der Waals surface area (Å²) in [4.78, 5) is 45.3. The Morgan fingerprint density at radius 2 is 2.14 bits per heavy atom. The number of H-pyrrole nitrogens is 1. The lowest BCUT2D eigenvalue weighted by molar-refractivity contribution is -0.134. The maximum absolute atomic E-state index is 11.9. The molecular weight excluding hydrogens is 492 g/mol. The number of aromatic amines is 1. The highest BCUT2D eigenvalue weighted by Gasteiger charge is 2.25. The molecule has 1 aliphatic heterocycles. The third-order valence-electron chi connectivity index (χ3n) is 5.72. The first-order valence-corrected chi connectivity index (χ1v) is 13.3. The number of nitriles is 1. The molecular formula is C26H34N6O4S. The van der Waals surface area contributed by atoms with E-state index in [9.17, 15) is 14.4 Å². The number of rotatable bonds is 10. The van der Waals surface area contributed by atoms with Crippen molar-refractivity contribution in [3.05, 3.63) is 65.4 Å². The van der Waals surface area contributed by atoms with Crippen LogP contribution in [0.4, 0.5) is 0 Å². The fourth-order valence-corrected chi connectivity index (χ4v) is 4.19. The van der Waals surface area contributed by atoms with Crippen molar-refractivity contribution >= 4 is 29.5 Å². The number of imidazole rings is 1. The van der Waals surface area contributed by atoms with Crippen molar-refractivity contribution < 1.29 is 19.5 Å². The Labute approximate surface area is 221 Å². The van der Waals surface area contributed by atoms with Gasteiger partial charge >= 0.3 is 5.97 Å². The van der Waals surface area contributed by atoms with E-state index in [1.807, 2.05) is 23.3 Å². The molecule has 0 saturated carbocycles. The maximum atomic E-state index is 11.9. The Morgan fingerprint density at radius 1 is 1.38 bits per heavy atom. The van der Waals surface area contributed by atoms with Gasteiger partial charge in [0.15, 0.2) is 0 Å². The van der Waals surface area contributed by atoms with Crippen LogP contribution in [0.1, 0.15) is 36.6 Å². The van der Waals surface area contributed by atoms with Crippen LogP contribution >= 0.6 is 11.8 Å². The van der Waals surface area contributed by atoms with E-state index in [1.54, 1.807) is 36.6 Å². The molecule has 3 N–H and O–H groups in total. The number of likely N-dealkylation sites (N-methyl/N-ethyl adjacent to an activating group) is 1. The number of aliphatic carboxylic acids is 1. The van der Waals surface area contributed by atoms with Crippen LogP contribution in [0.5, 0.6) is 0 Å². The highest BCUT2D eigenvalue weighted by molar-refractivity contribution is 7.98. The van der Waals surface area contributed by atoms with E-state index in [0.29, 0.717) is 30.3 Å². The van der Waals surface area contributed by atoms with Gasteiger partial charge in [-0.15, -0.1) is 0 Å². The van der Waals surface area contributed by atoms with Crippen LogP contribution in [0.15, 0.2) is 48.6 Å². The summed E-state index contributed by atoms with van der Waals surface area (Å²) < 4.78 is 0. The lowest BCUT2D eigenvalue weighted by Gasteiger charge is -2.20. The van der Waals surface area contributed by atoms with E-state index in [-0.39, 0.29) is 18.1 Å². The molecule has 0 aliphatic carbocycles. The number of carbonyl (C=O) groups is 3. The summed E-state index contributed by atoms with van der Waals surface area (Å²) in [7, 11) is 1.74. The van der Waals surface area contributed by atoms with Gasteiger partial charge in [0.25, 0.3) is 0 Å². The van der Waals surface area contributed by atoms with Gasteiger partial charge in [0, 0.05) is 36.8 Å². The predicted molar refractivity (Wildman–Crippen MR) is 142 cm³/mol. The van der Waals surface area contributed by atoms with Crippen molar-refractivity contribution in [3.63, 3.8) is 0 Å². The zero-order chi connectivity index (χ0) is 27.2. The predicted octanol–water partition coefficient (Wildman–Crippen LogP) is 2.40. The monoisotopic (exact) mass is 526 g/mol. The summed E-state index contributed by atoms with van der Waals surface area (Å²) in [6.45, 7) is 3.48. The van der Waals surface area contributed by atoms with E-state index >= 15 is 0 Å². The number of aromatic nitrogens is 2. The lowest BCUT2D eigenvalue weighted by Crippen LogP contribution is -2.36.